The van der Waals surface area contributed by atoms with Crippen molar-refractivity contribution in [3.05, 3.63) is 30.1 Å². The van der Waals surface area contributed by atoms with Crippen molar-refractivity contribution in [1.29, 1.82) is 0 Å². The van der Waals surface area contributed by atoms with E-state index >= 15 is 0 Å². The largest absolute Gasteiger partial charge is 0.529 e. The van der Waals surface area contributed by atoms with Gasteiger partial charge in [0.2, 0.25) is 15.9 Å². The maximum absolute atomic E-state index is 12.6. The van der Waals surface area contributed by atoms with Gasteiger partial charge in [-0.05, 0) is 30.4 Å². The van der Waals surface area contributed by atoms with E-state index in [-0.39, 0.29) is 18.8 Å². The van der Waals surface area contributed by atoms with Crippen LogP contribution in [0.1, 0.15) is 25.8 Å². The molecular weight excluding hydrogens is 361 g/mol. The first-order chi connectivity index (χ1) is 12.0. The molecule has 1 rings (SSSR count). The molecule has 0 aliphatic carbocycles. The summed E-state index contributed by atoms with van der Waals surface area (Å²) in [6.07, 6.45) is 4.17. The van der Waals surface area contributed by atoms with Gasteiger partial charge >= 0.3 is 7.12 Å². The summed E-state index contributed by atoms with van der Waals surface area (Å²) >= 11 is 0. The fraction of sp³-hybridized carbons (Fsp3) is 0.533. The average Bonchev–Trinajstić information content (AvgIpc) is 2.52. The number of rotatable bonds is 10. The van der Waals surface area contributed by atoms with E-state index in [1.807, 2.05) is 0 Å². The number of hydrogen-bond acceptors (Lipinski definition) is 7. The minimum atomic E-state index is -3.70. The monoisotopic (exact) mass is 385 g/mol. The number of carbonyl (C=O) groups excluding carboxylic acids is 2. The Morgan fingerprint density at radius 3 is 2.38 bits per heavy atom. The van der Waals surface area contributed by atoms with Crippen LogP contribution >= 0.6 is 0 Å². The number of sulfonamides is 1. The molecule has 1 aromatic rings. The Kier molecular flexibility index (Phi) is 8.35. The van der Waals surface area contributed by atoms with Crippen molar-refractivity contribution in [2.45, 2.75) is 38.8 Å². The zero-order chi connectivity index (χ0) is 19.9. The Balaban J connectivity index is 2.99. The minimum absolute atomic E-state index is 0.0114. The lowest BCUT2D eigenvalue weighted by atomic mass is 9.77. The van der Waals surface area contributed by atoms with Crippen molar-refractivity contribution in [2.75, 3.05) is 6.26 Å². The molecule has 0 radical (unpaired) electrons. The summed E-state index contributed by atoms with van der Waals surface area (Å²) < 4.78 is 25.4. The van der Waals surface area contributed by atoms with E-state index in [1.165, 1.54) is 6.20 Å². The van der Waals surface area contributed by atoms with Gasteiger partial charge in [-0.25, -0.2) is 13.1 Å². The van der Waals surface area contributed by atoms with Gasteiger partial charge in [0.1, 0.15) is 6.04 Å². The summed E-state index contributed by atoms with van der Waals surface area (Å²) in [5.74, 6) is -0.749. The first kappa shape index (κ1) is 22.2. The molecule has 1 heterocycles. The van der Waals surface area contributed by atoms with Crippen LogP contribution in [0.25, 0.3) is 0 Å². The van der Waals surface area contributed by atoms with E-state index in [4.69, 9.17) is 10.0 Å². The van der Waals surface area contributed by atoms with Gasteiger partial charge in [0.25, 0.3) is 0 Å². The molecule has 9 nitrogen and oxygen atoms in total. The van der Waals surface area contributed by atoms with Gasteiger partial charge in [0, 0.05) is 12.4 Å². The topological polar surface area (TPSA) is 146 Å². The predicted octanol–water partition coefficient (Wildman–Crippen LogP) is -1.35. The number of hydrogen-bond donors (Lipinski definition) is 4. The maximum atomic E-state index is 12.6. The first-order valence-corrected chi connectivity index (χ1v) is 9.95. The number of pyridine rings is 1. The molecule has 0 saturated heterocycles. The molecule has 0 saturated carbocycles. The molecule has 0 aromatic carbocycles. The molecule has 1 aromatic heterocycles. The molecular formula is C15H24BN3O6S. The molecule has 1 amide bonds. The summed E-state index contributed by atoms with van der Waals surface area (Å²) in [7, 11) is -5.92. The third-order valence-electron chi connectivity index (χ3n) is 3.46. The third-order valence-corrected chi connectivity index (χ3v) is 4.17. The molecule has 2 atom stereocenters. The lowest BCUT2D eigenvalue weighted by molar-refractivity contribution is -0.127. The SMILES string of the molecule is CC(C)C[C@H](NC(=O)[C@H](Cc1cccnc1)NS(C)(=O)=O)C(=O)B(O)O. The van der Waals surface area contributed by atoms with E-state index in [1.54, 1.807) is 32.2 Å². The Morgan fingerprint density at radius 2 is 1.92 bits per heavy atom. The highest BCUT2D eigenvalue weighted by Crippen LogP contribution is 2.09. The minimum Gasteiger partial charge on any atom is -0.421 e. The Hall–Kier alpha value is -1.82. The normalized spacial score (nSPS) is 13.9. The zero-order valence-electron chi connectivity index (χ0n) is 14.9. The quantitative estimate of drug-likeness (QED) is 0.365. The fourth-order valence-corrected chi connectivity index (χ4v) is 3.08. The highest BCUT2D eigenvalue weighted by Gasteiger charge is 2.33. The number of nitrogens with zero attached hydrogens (tertiary/aromatic N) is 1. The molecule has 0 fully saturated rings. The predicted molar refractivity (Wildman–Crippen MR) is 96.3 cm³/mol. The molecule has 0 spiro atoms. The average molecular weight is 385 g/mol. The van der Waals surface area contributed by atoms with Crippen LogP contribution in [-0.4, -0.2) is 60.5 Å². The smallest absolute Gasteiger partial charge is 0.421 e. The van der Waals surface area contributed by atoms with Crippen LogP contribution in [0.2, 0.25) is 0 Å². The van der Waals surface area contributed by atoms with Gasteiger partial charge in [0.05, 0.1) is 12.3 Å². The zero-order valence-corrected chi connectivity index (χ0v) is 15.7. The molecule has 0 unspecified atom stereocenters. The molecule has 0 bridgehead atoms. The first-order valence-electron chi connectivity index (χ1n) is 8.06. The molecule has 26 heavy (non-hydrogen) atoms. The van der Waals surface area contributed by atoms with Gasteiger partial charge in [-0.2, -0.15) is 0 Å². The van der Waals surface area contributed by atoms with E-state index in [0.29, 0.717) is 5.56 Å². The van der Waals surface area contributed by atoms with Crippen molar-refractivity contribution in [2.24, 2.45) is 5.92 Å². The van der Waals surface area contributed by atoms with Gasteiger partial charge in [-0.15, -0.1) is 0 Å². The molecule has 4 N–H and O–H groups in total. The second kappa shape index (κ2) is 9.76. The number of amides is 1. The highest BCUT2D eigenvalue weighted by atomic mass is 32.2. The number of carbonyl (C=O) groups is 2. The molecule has 11 heteroatoms. The number of nitrogens with one attached hydrogen (secondary N) is 2. The lowest BCUT2D eigenvalue weighted by Crippen LogP contribution is -2.54. The van der Waals surface area contributed by atoms with E-state index in [9.17, 15) is 18.0 Å². The van der Waals surface area contributed by atoms with Crippen LogP contribution in [0.5, 0.6) is 0 Å². The van der Waals surface area contributed by atoms with Crippen molar-refractivity contribution in [3.63, 3.8) is 0 Å². The van der Waals surface area contributed by atoms with Crippen LogP contribution in [0.3, 0.4) is 0 Å². The summed E-state index contributed by atoms with van der Waals surface area (Å²) in [5, 5.41) is 20.6. The van der Waals surface area contributed by atoms with Gasteiger partial charge < -0.3 is 20.2 Å². The summed E-state index contributed by atoms with van der Waals surface area (Å²) in [4.78, 5) is 28.4. The van der Waals surface area contributed by atoms with Crippen LogP contribution in [0.15, 0.2) is 24.5 Å². The lowest BCUT2D eigenvalue weighted by Gasteiger charge is -2.23. The third kappa shape index (κ3) is 8.04. The van der Waals surface area contributed by atoms with Crippen LogP contribution in [0.4, 0.5) is 0 Å². The second-order valence-corrected chi connectivity index (χ2v) is 8.25. The number of aromatic nitrogens is 1. The summed E-state index contributed by atoms with van der Waals surface area (Å²) in [5.41, 5.74) is -0.329. The van der Waals surface area contributed by atoms with E-state index in [0.717, 1.165) is 6.26 Å². The fourth-order valence-electron chi connectivity index (χ4n) is 2.37. The molecule has 0 aliphatic rings. The summed E-state index contributed by atoms with van der Waals surface area (Å²) in [6.45, 7) is 3.61. The standard InChI is InChI=1S/C15H24BN3O6S/c1-10(2)7-12(14(20)16(22)23)18-15(21)13(19-26(3,24)25)8-11-5-4-6-17-9-11/h4-6,9-10,12-13,19,22-23H,7-8H2,1-3H3,(H,18,21)/t12-,13-/m0/s1. The van der Waals surface area contributed by atoms with Crippen molar-refractivity contribution in [3.8, 4) is 0 Å². The Morgan fingerprint density at radius 1 is 1.27 bits per heavy atom. The van der Waals surface area contributed by atoms with Crippen LogP contribution in [-0.2, 0) is 26.0 Å². The summed E-state index contributed by atoms with van der Waals surface area (Å²) in [6, 6.07) is 1.02. The van der Waals surface area contributed by atoms with Gasteiger partial charge in [-0.3, -0.25) is 9.78 Å². The Labute approximate surface area is 153 Å². The van der Waals surface area contributed by atoms with Crippen molar-refractivity contribution < 1.29 is 28.1 Å². The van der Waals surface area contributed by atoms with E-state index < -0.39 is 40.8 Å². The van der Waals surface area contributed by atoms with E-state index in [2.05, 4.69) is 15.0 Å². The van der Waals surface area contributed by atoms with Crippen LogP contribution < -0.4 is 10.0 Å². The molecule has 144 valence electrons. The van der Waals surface area contributed by atoms with Crippen LogP contribution in [0, 0.1) is 5.92 Å². The molecule has 0 aliphatic heterocycles. The highest BCUT2D eigenvalue weighted by molar-refractivity contribution is 7.88. The van der Waals surface area contributed by atoms with Crippen molar-refractivity contribution in [1.82, 2.24) is 15.0 Å². The van der Waals surface area contributed by atoms with Crippen molar-refractivity contribution >= 4 is 28.7 Å². The maximum Gasteiger partial charge on any atom is 0.529 e. The van der Waals surface area contributed by atoms with Gasteiger partial charge in [0.15, 0.2) is 5.68 Å². The van der Waals surface area contributed by atoms with Gasteiger partial charge in [-0.1, -0.05) is 19.9 Å². The Bertz CT molecular complexity index is 711. The second-order valence-electron chi connectivity index (χ2n) is 6.47.